The molecule has 1 aromatic rings. The molecular formula is C11H16N2O. The number of nitrogens with zero attached hydrogens (tertiary/aromatic N) is 1. The van der Waals surface area contributed by atoms with Gasteiger partial charge in [0.25, 0.3) is 0 Å². The van der Waals surface area contributed by atoms with Crippen molar-refractivity contribution in [3.8, 4) is 0 Å². The molecule has 1 aliphatic rings. The molecule has 0 saturated heterocycles. The van der Waals surface area contributed by atoms with E-state index in [2.05, 4.69) is 10.2 Å². The molecule has 0 aliphatic heterocycles. The standard InChI is InChI=1S/C11H16N2O/c1-7-10(9-5-3-4-6-9)11(8(2)14)13-12-7/h9H,3-6H2,1-2H3,(H,12,13). The molecular weight excluding hydrogens is 176 g/mol. The zero-order valence-corrected chi connectivity index (χ0v) is 8.76. The van der Waals surface area contributed by atoms with Gasteiger partial charge in [0, 0.05) is 18.2 Å². The van der Waals surface area contributed by atoms with Crippen LogP contribution in [0, 0.1) is 6.92 Å². The number of hydrogen-bond donors (Lipinski definition) is 1. The van der Waals surface area contributed by atoms with E-state index >= 15 is 0 Å². The Labute approximate surface area is 83.9 Å². The fraction of sp³-hybridized carbons (Fsp3) is 0.636. The van der Waals surface area contributed by atoms with Crippen LogP contribution in [-0.2, 0) is 0 Å². The van der Waals surface area contributed by atoms with Crippen molar-refractivity contribution < 1.29 is 4.79 Å². The number of H-pyrrole nitrogens is 1. The Balaban J connectivity index is 2.38. The molecule has 0 spiro atoms. The number of aryl methyl sites for hydroxylation is 1. The van der Waals surface area contributed by atoms with E-state index in [0.717, 1.165) is 5.69 Å². The van der Waals surface area contributed by atoms with Crippen molar-refractivity contribution in [3.05, 3.63) is 17.0 Å². The molecule has 0 atom stereocenters. The average Bonchev–Trinajstić information content (AvgIpc) is 2.71. The monoisotopic (exact) mass is 192 g/mol. The van der Waals surface area contributed by atoms with Crippen molar-refractivity contribution in [2.75, 3.05) is 0 Å². The van der Waals surface area contributed by atoms with Gasteiger partial charge in [-0.15, -0.1) is 0 Å². The van der Waals surface area contributed by atoms with Gasteiger partial charge in [0.2, 0.25) is 0 Å². The van der Waals surface area contributed by atoms with Gasteiger partial charge >= 0.3 is 0 Å². The number of aromatic amines is 1. The highest BCUT2D eigenvalue weighted by atomic mass is 16.1. The van der Waals surface area contributed by atoms with Crippen molar-refractivity contribution in [2.45, 2.75) is 45.4 Å². The van der Waals surface area contributed by atoms with Crippen LogP contribution in [0.2, 0.25) is 0 Å². The van der Waals surface area contributed by atoms with Crippen LogP contribution in [-0.4, -0.2) is 16.0 Å². The van der Waals surface area contributed by atoms with Crippen LogP contribution in [0.1, 0.15) is 60.3 Å². The summed E-state index contributed by atoms with van der Waals surface area (Å²) in [7, 11) is 0. The molecule has 1 saturated carbocycles. The van der Waals surface area contributed by atoms with E-state index in [0.29, 0.717) is 11.6 Å². The quantitative estimate of drug-likeness (QED) is 0.732. The molecule has 0 unspecified atom stereocenters. The van der Waals surface area contributed by atoms with E-state index in [1.165, 1.54) is 31.2 Å². The van der Waals surface area contributed by atoms with Crippen LogP contribution in [0.25, 0.3) is 0 Å². The Kier molecular flexibility index (Phi) is 2.40. The first-order chi connectivity index (χ1) is 6.70. The summed E-state index contributed by atoms with van der Waals surface area (Å²) in [6, 6.07) is 0. The number of ketones is 1. The molecule has 1 heterocycles. The average molecular weight is 192 g/mol. The SMILES string of the molecule is CC(=O)c1n[nH]c(C)c1C1CCCC1. The second-order valence-electron chi connectivity index (χ2n) is 4.15. The smallest absolute Gasteiger partial charge is 0.180 e. The van der Waals surface area contributed by atoms with Crippen LogP contribution in [0.3, 0.4) is 0 Å². The lowest BCUT2D eigenvalue weighted by molar-refractivity contribution is 0.101. The predicted molar refractivity (Wildman–Crippen MR) is 54.5 cm³/mol. The first kappa shape index (κ1) is 9.44. The molecule has 3 nitrogen and oxygen atoms in total. The maximum absolute atomic E-state index is 11.4. The van der Waals surface area contributed by atoms with Crippen molar-refractivity contribution in [3.63, 3.8) is 0 Å². The second-order valence-corrected chi connectivity index (χ2v) is 4.15. The summed E-state index contributed by atoms with van der Waals surface area (Å²) in [6.45, 7) is 3.60. The van der Waals surface area contributed by atoms with Gasteiger partial charge in [0.15, 0.2) is 5.78 Å². The molecule has 0 bridgehead atoms. The summed E-state index contributed by atoms with van der Waals surface area (Å²) >= 11 is 0. The van der Waals surface area contributed by atoms with Crippen molar-refractivity contribution in [2.24, 2.45) is 0 Å². The summed E-state index contributed by atoms with van der Waals surface area (Å²) in [5.74, 6) is 0.642. The number of carbonyl (C=O) groups excluding carboxylic acids is 1. The van der Waals surface area contributed by atoms with Crippen LogP contribution in [0.15, 0.2) is 0 Å². The minimum Gasteiger partial charge on any atom is -0.293 e. The zero-order chi connectivity index (χ0) is 10.1. The van der Waals surface area contributed by atoms with Crippen molar-refractivity contribution in [1.82, 2.24) is 10.2 Å². The topological polar surface area (TPSA) is 45.8 Å². The van der Waals surface area contributed by atoms with Gasteiger partial charge < -0.3 is 0 Å². The van der Waals surface area contributed by atoms with E-state index in [1.807, 2.05) is 6.92 Å². The number of Topliss-reactive ketones (excluding diaryl/α,β-unsaturated/α-hetero) is 1. The lowest BCUT2D eigenvalue weighted by Crippen LogP contribution is -2.02. The third-order valence-electron chi connectivity index (χ3n) is 3.09. The predicted octanol–water partition coefficient (Wildman–Crippen LogP) is 2.58. The Morgan fingerprint density at radius 3 is 2.64 bits per heavy atom. The van der Waals surface area contributed by atoms with Gasteiger partial charge in [-0.05, 0) is 25.7 Å². The summed E-state index contributed by atoms with van der Waals surface area (Å²) in [4.78, 5) is 11.4. The number of aromatic nitrogens is 2. The van der Waals surface area contributed by atoms with Gasteiger partial charge in [-0.2, -0.15) is 5.10 Å². The van der Waals surface area contributed by atoms with E-state index in [4.69, 9.17) is 0 Å². The number of carbonyl (C=O) groups is 1. The highest BCUT2D eigenvalue weighted by Gasteiger charge is 2.25. The largest absolute Gasteiger partial charge is 0.293 e. The molecule has 1 N–H and O–H groups in total. The Morgan fingerprint density at radius 1 is 1.43 bits per heavy atom. The molecule has 1 aliphatic carbocycles. The van der Waals surface area contributed by atoms with E-state index in [-0.39, 0.29) is 5.78 Å². The minimum absolute atomic E-state index is 0.0799. The first-order valence-corrected chi connectivity index (χ1v) is 5.26. The summed E-state index contributed by atoms with van der Waals surface area (Å²) in [5.41, 5.74) is 2.91. The molecule has 0 aromatic carbocycles. The Hall–Kier alpha value is -1.12. The molecule has 0 radical (unpaired) electrons. The van der Waals surface area contributed by atoms with Crippen LogP contribution in [0.4, 0.5) is 0 Å². The summed E-state index contributed by atoms with van der Waals surface area (Å²) in [5, 5.41) is 7.01. The molecule has 3 heteroatoms. The Bertz CT molecular complexity index is 348. The first-order valence-electron chi connectivity index (χ1n) is 5.26. The van der Waals surface area contributed by atoms with Gasteiger partial charge in [-0.1, -0.05) is 12.8 Å². The van der Waals surface area contributed by atoms with Crippen LogP contribution in [0.5, 0.6) is 0 Å². The van der Waals surface area contributed by atoms with E-state index in [9.17, 15) is 4.79 Å². The lowest BCUT2D eigenvalue weighted by Gasteiger charge is -2.09. The molecule has 1 fully saturated rings. The number of nitrogens with one attached hydrogen (secondary N) is 1. The van der Waals surface area contributed by atoms with Gasteiger partial charge in [0.05, 0.1) is 0 Å². The summed E-state index contributed by atoms with van der Waals surface area (Å²) in [6.07, 6.45) is 4.99. The van der Waals surface area contributed by atoms with Crippen molar-refractivity contribution >= 4 is 5.78 Å². The highest BCUT2D eigenvalue weighted by Crippen LogP contribution is 2.36. The molecule has 76 valence electrons. The summed E-state index contributed by atoms with van der Waals surface area (Å²) < 4.78 is 0. The van der Waals surface area contributed by atoms with Gasteiger partial charge in [0.1, 0.15) is 5.69 Å². The third kappa shape index (κ3) is 1.47. The van der Waals surface area contributed by atoms with Crippen molar-refractivity contribution in [1.29, 1.82) is 0 Å². The zero-order valence-electron chi connectivity index (χ0n) is 8.76. The van der Waals surface area contributed by atoms with E-state index < -0.39 is 0 Å². The minimum atomic E-state index is 0.0799. The Morgan fingerprint density at radius 2 is 2.07 bits per heavy atom. The maximum atomic E-state index is 11.4. The molecule has 1 aromatic heterocycles. The second kappa shape index (κ2) is 3.56. The normalized spacial score (nSPS) is 17.6. The van der Waals surface area contributed by atoms with E-state index in [1.54, 1.807) is 6.92 Å². The van der Waals surface area contributed by atoms with Gasteiger partial charge in [-0.3, -0.25) is 9.89 Å². The van der Waals surface area contributed by atoms with Gasteiger partial charge in [-0.25, -0.2) is 0 Å². The molecule has 14 heavy (non-hydrogen) atoms. The van der Waals surface area contributed by atoms with Crippen LogP contribution >= 0.6 is 0 Å². The number of hydrogen-bond acceptors (Lipinski definition) is 2. The highest BCUT2D eigenvalue weighted by molar-refractivity contribution is 5.94. The fourth-order valence-corrected chi connectivity index (χ4v) is 2.42. The van der Waals surface area contributed by atoms with Crippen LogP contribution < -0.4 is 0 Å². The third-order valence-corrected chi connectivity index (χ3v) is 3.09. The number of rotatable bonds is 2. The molecule has 2 rings (SSSR count). The maximum Gasteiger partial charge on any atom is 0.180 e. The lowest BCUT2D eigenvalue weighted by atomic mass is 9.94. The fourth-order valence-electron chi connectivity index (χ4n) is 2.42. The molecule has 0 amide bonds.